The van der Waals surface area contributed by atoms with Crippen molar-refractivity contribution in [2.45, 2.75) is 57.8 Å². The zero-order valence-corrected chi connectivity index (χ0v) is 15.2. The molecule has 138 valence electrons. The highest BCUT2D eigenvalue weighted by Crippen LogP contribution is 2.37. The van der Waals surface area contributed by atoms with Crippen LogP contribution >= 0.6 is 0 Å². The van der Waals surface area contributed by atoms with E-state index in [9.17, 15) is 4.79 Å². The van der Waals surface area contributed by atoms with Crippen molar-refractivity contribution in [2.24, 2.45) is 11.8 Å². The van der Waals surface area contributed by atoms with Crippen LogP contribution in [-0.2, 0) is 11.2 Å². The van der Waals surface area contributed by atoms with Crippen molar-refractivity contribution in [1.82, 2.24) is 0 Å². The van der Waals surface area contributed by atoms with E-state index in [1.807, 2.05) is 0 Å². The lowest BCUT2D eigenvalue weighted by Crippen LogP contribution is -2.12. The largest absolute Gasteiger partial charge is 0.481 e. The number of aliphatic carboxylic acids is 1. The molecule has 0 saturated heterocycles. The van der Waals surface area contributed by atoms with Crippen LogP contribution in [0.25, 0.3) is 0 Å². The Balaban J connectivity index is 0.00000123. The van der Waals surface area contributed by atoms with Gasteiger partial charge in [-0.1, -0.05) is 62.4 Å². The Morgan fingerprint density at radius 1 is 0.958 bits per heavy atom. The van der Waals surface area contributed by atoms with Crippen molar-refractivity contribution < 1.29 is 20.1 Å². The first-order valence-electron chi connectivity index (χ1n) is 8.91. The molecule has 24 heavy (non-hydrogen) atoms. The molecule has 1 fully saturated rings. The van der Waals surface area contributed by atoms with Crippen LogP contribution in [0.3, 0.4) is 0 Å². The maximum atomic E-state index is 10.8. The summed E-state index contributed by atoms with van der Waals surface area (Å²) in [5, 5.41) is 22.9. The summed E-state index contributed by atoms with van der Waals surface area (Å²) in [6.45, 7) is 0. The Hall–Kier alpha value is -1.39. The summed E-state index contributed by atoms with van der Waals surface area (Å²) in [7, 11) is 2.00. The van der Waals surface area contributed by atoms with Crippen LogP contribution in [0.1, 0.15) is 56.9 Å². The first-order chi connectivity index (χ1) is 11.8. The van der Waals surface area contributed by atoms with Gasteiger partial charge in [0.2, 0.25) is 0 Å². The molecule has 0 heterocycles. The van der Waals surface area contributed by atoms with Gasteiger partial charge in [-0.3, -0.25) is 4.79 Å². The summed E-state index contributed by atoms with van der Waals surface area (Å²) in [5.41, 5.74) is 1.43. The second-order valence-electron chi connectivity index (χ2n) is 6.13. The van der Waals surface area contributed by atoms with Crippen LogP contribution in [0.15, 0.2) is 30.3 Å². The quantitative estimate of drug-likeness (QED) is 0.628. The zero-order chi connectivity index (χ0) is 18.2. The van der Waals surface area contributed by atoms with Gasteiger partial charge in [0.15, 0.2) is 0 Å². The lowest BCUT2D eigenvalue weighted by Gasteiger charge is -2.17. The first-order valence-corrected chi connectivity index (χ1v) is 8.91. The van der Waals surface area contributed by atoms with E-state index in [2.05, 4.69) is 30.3 Å². The van der Waals surface area contributed by atoms with E-state index >= 15 is 0 Å². The maximum Gasteiger partial charge on any atom is 0.303 e. The molecule has 4 nitrogen and oxygen atoms in total. The normalized spacial score (nSPS) is 18.8. The topological polar surface area (TPSA) is 77.8 Å². The number of benzene rings is 1. The van der Waals surface area contributed by atoms with Gasteiger partial charge in [-0.25, -0.2) is 0 Å². The second-order valence-corrected chi connectivity index (χ2v) is 6.13. The highest BCUT2D eigenvalue weighted by molar-refractivity contribution is 5.67. The number of aliphatic hydroxyl groups excluding tert-OH is 2. The molecule has 3 N–H and O–H groups in total. The van der Waals surface area contributed by atoms with E-state index in [1.165, 1.54) is 50.5 Å². The predicted octanol–water partition coefficient (Wildman–Crippen LogP) is 3.90. The number of aliphatic hydroxyl groups is 2. The van der Waals surface area contributed by atoms with Crippen molar-refractivity contribution in [3.05, 3.63) is 35.9 Å². The minimum Gasteiger partial charge on any atom is -0.481 e. The lowest BCUT2D eigenvalue weighted by atomic mass is 9.88. The molecular formula is C20H34O4. The number of hydrogen-bond donors (Lipinski definition) is 3. The fraction of sp³-hybridized carbons (Fsp3) is 0.650. The predicted molar refractivity (Wildman–Crippen MR) is 98.0 cm³/mol. The van der Waals surface area contributed by atoms with Crippen LogP contribution in [0.5, 0.6) is 0 Å². The highest BCUT2D eigenvalue weighted by atomic mass is 16.4. The van der Waals surface area contributed by atoms with E-state index in [1.54, 1.807) is 0 Å². The van der Waals surface area contributed by atoms with Gasteiger partial charge in [-0.05, 0) is 36.7 Å². The van der Waals surface area contributed by atoms with Gasteiger partial charge in [-0.2, -0.15) is 0 Å². The Morgan fingerprint density at radius 2 is 1.58 bits per heavy atom. The first kappa shape index (κ1) is 22.6. The molecular weight excluding hydrogens is 304 g/mol. The van der Waals surface area contributed by atoms with Gasteiger partial charge in [0.1, 0.15) is 0 Å². The summed E-state index contributed by atoms with van der Waals surface area (Å²) in [5.74, 6) is 0.496. The molecule has 0 aromatic heterocycles. The number of carbonyl (C=O) groups is 1. The Morgan fingerprint density at radius 3 is 2.21 bits per heavy atom. The van der Waals surface area contributed by atoms with Crippen LogP contribution in [0.2, 0.25) is 0 Å². The average Bonchev–Trinajstić information content (AvgIpc) is 3.05. The Labute approximate surface area is 146 Å². The summed E-state index contributed by atoms with van der Waals surface area (Å²) >= 11 is 0. The number of hydrogen-bond acceptors (Lipinski definition) is 3. The van der Waals surface area contributed by atoms with Crippen LogP contribution in [-0.4, -0.2) is 35.5 Å². The molecule has 1 aliphatic rings. The number of unbranched alkanes of at least 4 members (excludes halogenated alkanes) is 2. The van der Waals surface area contributed by atoms with Crippen molar-refractivity contribution >= 4 is 5.97 Å². The number of carboxylic acids is 1. The molecule has 0 spiro atoms. The van der Waals surface area contributed by atoms with E-state index in [0.29, 0.717) is 18.3 Å². The fourth-order valence-electron chi connectivity index (χ4n) is 3.54. The summed E-state index contributed by atoms with van der Waals surface area (Å²) in [4.78, 5) is 10.8. The molecule has 1 aromatic carbocycles. The van der Waals surface area contributed by atoms with Crippen molar-refractivity contribution in [3.63, 3.8) is 0 Å². The van der Waals surface area contributed by atoms with Gasteiger partial charge < -0.3 is 15.3 Å². The summed E-state index contributed by atoms with van der Waals surface area (Å²) in [6.07, 6.45) is 10.2. The van der Waals surface area contributed by atoms with Crippen LogP contribution in [0.4, 0.5) is 0 Å². The van der Waals surface area contributed by atoms with E-state index < -0.39 is 5.97 Å². The molecule has 0 aliphatic heterocycles. The maximum absolute atomic E-state index is 10.8. The Kier molecular flexibility index (Phi) is 14.3. The molecule has 2 rings (SSSR count). The number of carboxylic acid groups (broad SMARTS) is 1. The standard InChI is InChI=1S/C18H26O2.2CH4O/c19-18(20)14-17-13-7-12-16(17)11-6-2-5-10-15-8-3-1-4-9-15;2*1-2/h1,3-4,8-9,16-17H,2,5-7,10-14H2,(H,19,20);2*2H,1H3/t16?,17-;;/m1../s1. The van der Waals surface area contributed by atoms with Gasteiger partial charge in [0.25, 0.3) is 0 Å². The Bertz CT molecular complexity index is 405. The van der Waals surface area contributed by atoms with Crippen molar-refractivity contribution in [3.8, 4) is 0 Å². The van der Waals surface area contributed by atoms with Crippen molar-refractivity contribution in [2.75, 3.05) is 14.2 Å². The highest BCUT2D eigenvalue weighted by Gasteiger charge is 2.28. The molecule has 0 bridgehead atoms. The third-order valence-corrected chi connectivity index (χ3v) is 4.64. The molecule has 1 aromatic rings. The van der Waals surface area contributed by atoms with Gasteiger partial charge >= 0.3 is 5.97 Å². The third-order valence-electron chi connectivity index (χ3n) is 4.64. The SMILES string of the molecule is CO.CO.O=C(O)C[C@H]1CCCC1CCCCCc1ccccc1. The fourth-order valence-corrected chi connectivity index (χ4v) is 3.54. The molecule has 0 amide bonds. The molecule has 1 saturated carbocycles. The lowest BCUT2D eigenvalue weighted by molar-refractivity contribution is -0.138. The monoisotopic (exact) mass is 338 g/mol. The minimum absolute atomic E-state index is 0.384. The van der Waals surface area contributed by atoms with E-state index in [0.717, 1.165) is 20.6 Å². The van der Waals surface area contributed by atoms with Gasteiger partial charge in [-0.15, -0.1) is 0 Å². The van der Waals surface area contributed by atoms with Crippen LogP contribution < -0.4 is 0 Å². The summed E-state index contributed by atoms with van der Waals surface area (Å²) in [6, 6.07) is 10.7. The molecule has 4 heteroatoms. The summed E-state index contributed by atoms with van der Waals surface area (Å²) < 4.78 is 0. The van der Waals surface area contributed by atoms with Gasteiger partial charge in [0, 0.05) is 20.6 Å². The van der Waals surface area contributed by atoms with Crippen molar-refractivity contribution in [1.29, 1.82) is 0 Å². The second kappa shape index (κ2) is 15.2. The smallest absolute Gasteiger partial charge is 0.303 e. The molecule has 2 atom stereocenters. The van der Waals surface area contributed by atoms with E-state index in [-0.39, 0.29) is 0 Å². The number of aryl methyl sites for hydroxylation is 1. The van der Waals surface area contributed by atoms with Gasteiger partial charge in [0.05, 0.1) is 0 Å². The number of rotatable bonds is 8. The molecule has 1 unspecified atom stereocenters. The zero-order valence-electron chi connectivity index (χ0n) is 15.2. The van der Waals surface area contributed by atoms with Crippen LogP contribution in [0, 0.1) is 11.8 Å². The van der Waals surface area contributed by atoms with E-state index in [4.69, 9.17) is 15.3 Å². The molecule has 0 radical (unpaired) electrons. The average molecular weight is 338 g/mol. The minimum atomic E-state index is -0.619. The molecule has 1 aliphatic carbocycles. The third kappa shape index (κ3) is 9.68.